The first kappa shape index (κ1) is 24.5. The topological polar surface area (TPSA) is 98.7 Å². The molecule has 3 unspecified atom stereocenters. The monoisotopic (exact) mass is 537 g/mol. The number of aliphatic hydroxyl groups is 1. The van der Waals surface area contributed by atoms with Crippen molar-refractivity contribution < 1.29 is 19.5 Å². The highest BCUT2D eigenvalue weighted by atomic mass is 79.9. The summed E-state index contributed by atoms with van der Waals surface area (Å²) in [6.07, 6.45) is 0.622. The lowest BCUT2D eigenvalue weighted by molar-refractivity contribution is -0.143. The molecule has 7 nitrogen and oxygen atoms in total. The zero-order valence-corrected chi connectivity index (χ0v) is 21.7. The number of fused-ring (bicyclic) bond motifs is 1. The van der Waals surface area contributed by atoms with Crippen LogP contribution in [-0.4, -0.2) is 67.3 Å². The second-order valence-electron chi connectivity index (χ2n) is 9.92. The summed E-state index contributed by atoms with van der Waals surface area (Å²) in [7, 11) is 0. The van der Waals surface area contributed by atoms with Crippen LogP contribution in [0.5, 0.6) is 0 Å². The van der Waals surface area contributed by atoms with Gasteiger partial charge in [-0.25, -0.2) is 0 Å². The van der Waals surface area contributed by atoms with Crippen molar-refractivity contribution in [2.45, 2.75) is 67.1 Å². The third-order valence-corrected chi connectivity index (χ3v) is 10.3. The highest BCUT2D eigenvalue weighted by Crippen LogP contribution is 2.68. The number of hydrogen-bond acceptors (Lipinski definition) is 5. The van der Waals surface area contributed by atoms with E-state index in [1.165, 1.54) is 0 Å². The maximum Gasteiger partial charge on any atom is 0.244 e. The van der Waals surface area contributed by atoms with Crippen molar-refractivity contribution in [1.82, 2.24) is 10.2 Å². The lowest BCUT2D eigenvalue weighted by Crippen LogP contribution is -2.58. The first-order valence-electron chi connectivity index (χ1n) is 11.5. The van der Waals surface area contributed by atoms with E-state index in [4.69, 9.17) is 0 Å². The third kappa shape index (κ3) is 4.00. The maximum absolute atomic E-state index is 14.0. The van der Waals surface area contributed by atoms with Gasteiger partial charge >= 0.3 is 0 Å². The van der Waals surface area contributed by atoms with Crippen LogP contribution in [0.4, 0.5) is 5.69 Å². The predicted octanol–water partition coefficient (Wildman–Crippen LogP) is 2.63. The van der Waals surface area contributed by atoms with Crippen LogP contribution in [0.3, 0.4) is 0 Å². The highest BCUT2D eigenvalue weighted by molar-refractivity contribution is 9.09. The number of rotatable bonds is 7. The number of nitrogens with one attached hydrogen (secondary N) is 2. The molecule has 0 radical (unpaired) electrons. The molecule has 3 N–H and O–H groups in total. The molecule has 4 rings (SSSR count). The van der Waals surface area contributed by atoms with Crippen molar-refractivity contribution in [3.05, 3.63) is 30.3 Å². The molecule has 3 fully saturated rings. The molecule has 0 aromatic heterocycles. The van der Waals surface area contributed by atoms with Gasteiger partial charge in [0.25, 0.3) is 0 Å². The van der Waals surface area contributed by atoms with E-state index in [0.29, 0.717) is 12.1 Å². The molecule has 33 heavy (non-hydrogen) atoms. The number of aliphatic hydroxyl groups excluding tert-OH is 1. The number of anilines is 1. The molecule has 3 aliphatic rings. The third-order valence-electron chi connectivity index (χ3n) is 7.06. The number of alkyl halides is 1. The van der Waals surface area contributed by atoms with Crippen molar-refractivity contribution in [1.29, 1.82) is 0 Å². The summed E-state index contributed by atoms with van der Waals surface area (Å²) in [5.41, 5.74) is 0.683. The number of para-hydroxylation sites is 1. The zero-order valence-electron chi connectivity index (χ0n) is 19.3. The number of carbonyl (C=O) groups is 3. The lowest BCUT2D eigenvalue weighted by Gasteiger charge is -2.39. The Morgan fingerprint density at radius 2 is 1.88 bits per heavy atom. The summed E-state index contributed by atoms with van der Waals surface area (Å²) in [6, 6.07) is 7.91. The van der Waals surface area contributed by atoms with Gasteiger partial charge in [0.05, 0.1) is 29.2 Å². The van der Waals surface area contributed by atoms with E-state index < -0.39 is 28.7 Å². The normalized spacial score (nSPS) is 33.5. The number of amides is 3. The van der Waals surface area contributed by atoms with Crippen LogP contribution in [0, 0.1) is 17.8 Å². The molecule has 3 heterocycles. The fraction of sp³-hybridized carbons (Fsp3) is 0.625. The van der Waals surface area contributed by atoms with Gasteiger partial charge in [0.1, 0.15) is 6.04 Å². The van der Waals surface area contributed by atoms with Gasteiger partial charge in [-0.05, 0) is 38.3 Å². The number of nitrogens with zero attached hydrogens (tertiary/aromatic N) is 1. The van der Waals surface area contributed by atoms with Crippen molar-refractivity contribution in [2.75, 3.05) is 11.9 Å². The summed E-state index contributed by atoms with van der Waals surface area (Å²) in [4.78, 5) is 42.6. The predicted molar refractivity (Wildman–Crippen MR) is 133 cm³/mol. The van der Waals surface area contributed by atoms with Crippen LogP contribution < -0.4 is 10.6 Å². The van der Waals surface area contributed by atoms with E-state index in [-0.39, 0.29) is 46.4 Å². The summed E-state index contributed by atoms with van der Waals surface area (Å²) < 4.78 is -0.712. The number of carbonyl (C=O) groups excluding carboxylic acids is 3. The minimum absolute atomic E-state index is 0.0130. The molecule has 0 saturated carbocycles. The first-order valence-corrected chi connectivity index (χ1v) is 13.3. The van der Waals surface area contributed by atoms with E-state index in [1.807, 2.05) is 58.0 Å². The molecule has 2 bridgehead atoms. The Balaban J connectivity index is 1.75. The Morgan fingerprint density at radius 3 is 2.45 bits per heavy atom. The summed E-state index contributed by atoms with van der Waals surface area (Å²) in [5.74, 6) is -1.82. The number of halogens is 1. The lowest BCUT2D eigenvalue weighted by atomic mass is 9.70. The Kier molecular flexibility index (Phi) is 6.86. The van der Waals surface area contributed by atoms with Crippen LogP contribution in [0.15, 0.2) is 30.3 Å². The zero-order chi connectivity index (χ0) is 24.1. The van der Waals surface area contributed by atoms with E-state index in [2.05, 4.69) is 26.6 Å². The van der Waals surface area contributed by atoms with Crippen molar-refractivity contribution in [3.63, 3.8) is 0 Å². The van der Waals surface area contributed by atoms with Gasteiger partial charge < -0.3 is 20.6 Å². The van der Waals surface area contributed by atoms with Crippen molar-refractivity contribution >= 4 is 51.1 Å². The van der Waals surface area contributed by atoms with E-state index in [0.717, 1.165) is 0 Å². The van der Waals surface area contributed by atoms with Crippen LogP contribution in [0.25, 0.3) is 0 Å². The average Bonchev–Trinajstić information content (AvgIpc) is 3.32. The standard InChI is InChI=1S/C24H32BrN3O4S/c1-12(2)16(11-29)28-20(22(31)26-13(3)4)24-10-15(25)19(33-24)17(18(24)23(28)32)21(30)27-14-8-6-5-7-9-14/h5-9,12-13,15-20,29H,10-11H2,1-4H3,(H,26,31)(H,27,30)/t15?,16-,17-,18-,19-,20?,24?/m0/s1. The van der Waals surface area contributed by atoms with Gasteiger partial charge in [0, 0.05) is 21.8 Å². The Morgan fingerprint density at radius 1 is 1.21 bits per heavy atom. The molecule has 0 aliphatic carbocycles. The molecule has 3 saturated heterocycles. The van der Waals surface area contributed by atoms with E-state index >= 15 is 0 Å². The SMILES string of the molecule is CC(C)NC(=O)C1N([C@@H](CO)C(C)C)C(=O)[C@@H]2[C@H](C(=O)Nc3ccccc3)[C@H]3SC12CC3Br. The highest BCUT2D eigenvalue weighted by Gasteiger charge is 2.76. The van der Waals surface area contributed by atoms with Gasteiger partial charge in [0.2, 0.25) is 17.7 Å². The molecule has 9 heteroatoms. The molecule has 3 aliphatic heterocycles. The molecular formula is C24H32BrN3O4S. The van der Waals surface area contributed by atoms with Crippen molar-refractivity contribution in [2.24, 2.45) is 17.8 Å². The molecule has 1 spiro atoms. The Bertz CT molecular complexity index is 930. The maximum atomic E-state index is 14.0. The molecule has 3 amide bonds. The van der Waals surface area contributed by atoms with Gasteiger partial charge in [0.15, 0.2) is 0 Å². The van der Waals surface area contributed by atoms with Crippen molar-refractivity contribution in [3.8, 4) is 0 Å². The van der Waals surface area contributed by atoms with Crippen LogP contribution >= 0.6 is 27.7 Å². The molecule has 1 aromatic rings. The van der Waals surface area contributed by atoms with Crippen LogP contribution in [0.1, 0.15) is 34.1 Å². The molecule has 1 aromatic carbocycles. The van der Waals surface area contributed by atoms with Crippen LogP contribution in [0.2, 0.25) is 0 Å². The van der Waals surface area contributed by atoms with E-state index in [1.54, 1.807) is 16.7 Å². The van der Waals surface area contributed by atoms with Crippen LogP contribution in [-0.2, 0) is 14.4 Å². The Hall–Kier alpha value is -1.58. The quantitative estimate of drug-likeness (QED) is 0.464. The fourth-order valence-corrected chi connectivity index (χ4v) is 9.35. The molecular weight excluding hydrogens is 506 g/mol. The van der Waals surface area contributed by atoms with Gasteiger partial charge in [-0.2, -0.15) is 0 Å². The van der Waals surface area contributed by atoms with Gasteiger partial charge in [-0.3, -0.25) is 14.4 Å². The second-order valence-corrected chi connectivity index (χ2v) is 12.6. The number of likely N-dealkylation sites (tertiary alicyclic amines) is 1. The number of hydrogen-bond donors (Lipinski definition) is 3. The summed E-state index contributed by atoms with van der Waals surface area (Å²) >= 11 is 5.36. The summed E-state index contributed by atoms with van der Waals surface area (Å²) in [5, 5.41) is 16.1. The average molecular weight is 539 g/mol. The number of thioether (sulfide) groups is 1. The smallest absolute Gasteiger partial charge is 0.244 e. The minimum atomic E-state index is -0.735. The fourth-order valence-electron chi connectivity index (χ4n) is 5.75. The largest absolute Gasteiger partial charge is 0.394 e. The number of benzene rings is 1. The minimum Gasteiger partial charge on any atom is -0.394 e. The van der Waals surface area contributed by atoms with Gasteiger partial charge in [-0.15, -0.1) is 11.8 Å². The second kappa shape index (κ2) is 9.23. The Labute approximate surface area is 207 Å². The van der Waals surface area contributed by atoms with E-state index in [9.17, 15) is 19.5 Å². The van der Waals surface area contributed by atoms with Gasteiger partial charge in [-0.1, -0.05) is 48.0 Å². The molecule has 7 atom stereocenters. The molecule has 180 valence electrons. The summed E-state index contributed by atoms with van der Waals surface area (Å²) in [6.45, 7) is 7.43. The first-order chi connectivity index (χ1) is 15.6.